The molecule has 1 aromatic carbocycles. The van der Waals surface area contributed by atoms with E-state index in [0.717, 1.165) is 23.1 Å². The molecule has 0 bridgehead atoms. The molecule has 0 amide bonds. The van der Waals surface area contributed by atoms with E-state index in [1.54, 1.807) is 6.20 Å². The number of likely N-dealkylation sites (N-methyl/N-ethyl adjacent to an activating group) is 1. The van der Waals surface area contributed by atoms with Crippen molar-refractivity contribution < 1.29 is 0 Å². The molecule has 0 saturated carbocycles. The van der Waals surface area contributed by atoms with Gasteiger partial charge in [-0.05, 0) is 44.7 Å². The van der Waals surface area contributed by atoms with Crippen LogP contribution in [0.5, 0.6) is 0 Å². The normalized spacial score (nSPS) is 23.9. The maximum Gasteiger partial charge on any atom is 0.0908 e. The van der Waals surface area contributed by atoms with Crippen LogP contribution in [0, 0.1) is 0 Å². The Morgan fingerprint density at radius 2 is 2.21 bits per heavy atom. The first-order valence-corrected chi connectivity index (χ1v) is 7.03. The van der Waals surface area contributed by atoms with Gasteiger partial charge in [0.2, 0.25) is 0 Å². The molecule has 2 unspecified atom stereocenters. The van der Waals surface area contributed by atoms with Gasteiger partial charge < -0.3 is 10.2 Å². The molecule has 1 N–H and O–H groups in total. The second-order valence-electron chi connectivity index (χ2n) is 5.36. The quantitative estimate of drug-likeness (QED) is 0.911. The fourth-order valence-corrected chi connectivity index (χ4v) is 3.00. The molecule has 0 spiro atoms. The van der Waals surface area contributed by atoms with Crippen LogP contribution in [-0.2, 0) is 0 Å². The van der Waals surface area contributed by atoms with Crippen LogP contribution in [0.3, 0.4) is 0 Å². The Labute approximate surface area is 118 Å². The van der Waals surface area contributed by atoms with Gasteiger partial charge in [0.15, 0.2) is 0 Å². The molecule has 1 saturated heterocycles. The number of benzene rings is 1. The molecular weight excluding hydrogens is 258 g/mol. The van der Waals surface area contributed by atoms with Crippen LogP contribution >= 0.6 is 11.6 Å². The van der Waals surface area contributed by atoms with Crippen molar-refractivity contribution in [3.63, 3.8) is 0 Å². The van der Waals surface area contributed by atoms with Gasteiger partial charge in [0.05, 0.1) is 10.5 Å². The first-order chi connectivity index (χ1) is 9.15. The molecule has 1 aromatic heterocycles. The number of hydrogen-bond donors (Lipinski definition) is 1. The number of halogens is 1. The lowest BCUT2D eigenvalue weighted by Crippen LogP contribution is -2.24. The fraction of sp³-hybridized carbons (Fsp3) is 0.400. The van der Waals surface area contributed by atoms with E-state index < -0.39 is 0 Å². The van der Waals surface area contributed by atoms with E-state index in [0.29, 0.717) is 17.1 Å². The molecule has 100 valence electrons. The monoisotopic (exact) mass is 275 g/mol. The molecule has 1 fully saturated rings. The molecule has 4 heteroatoms. The van der Waals surface area contributed by atoms with Crippen LogP contribution in [0.2, 0.25) is 5.02 Å². The highest BCUT2D eigenvalue weighted by molar-refractivity contribution is 6.35. The van der Waals surface area contributed by atoms with E-state index in [-0.39, 0.29) is 0 Å². The Balaban J connectivity index is 1.92. The predicted octanol–water partition coefficient (Wildman–Crippen LogP) is 3.39. The Morgan fingerprint density at radius 3 is 2.95 bits per heavy atom. The number of aromatic nitrogens is 1. The molecular formula is C15H18ClN3. The van der Waals surface area contributed by atoms with Crippen LogP contribution in [0.25, 0.3) is 10.9 Å². The number of rotatable bonds is 2. The average molecular weight is 276 g/mol. The van der Waals surface area contributed by atoms with Gasteiger partial charge in [-0.25, -0.2) is 0 Å². The van der Waals surface area contributed by atoms with E-state index in [4.69, 9.17) is 11.6 Å². The summed E-state index contributed by atoms with van der Waals surface area (Å²) in [6.45, 7) is 3.34. The fourth-order valence-electron chi connectivity index (χ4n) is 2.78. The summed E-state index contributed by atoms with van der Waals surface area (Å²) >= 11 is 6.19. The number of hydrogen-bond acceptors (Lipinski definition) is 3. The Kier molecular flexibility index (Phi) is 3.33. The van der Waals surface area contributed by atoms with Crippen LogP contribution in [0.4, 0.5) is 5.69 Å². The summed E-state index contributed by atoms with van der Waals surface area (Å²) in [5.41, 5.74) is 1.99. The van der Waals surface area contributed by atoms with Crippen molar-refractivity contribution in [1.82, 2.24) is 9.88 Å². The molecule has 0 radical (unpaired) electrons. The van der Waals surface area contributed by atoms with Crippen molar-refractivity contribution in [2.75, 3.05) is 18.9 Å². The molecule has 3 rings (SSSR count). The minimum atomic E-state index is 0.490. The lowest BCUT2D eigenvalue weighted by Gasteiger charge is -2.16. The van der Waals surface area contributed by atoms with Crippen molar-refractivity contribution >= 4 is 28.2 Å². The topological polar surface area (TPSA) is 28.2 Å². The number of anilines is 1. The molecule has 2 heterocycles. The van der Waals surface area contributed by atoms with Gasteiger partial charge in [0, 0.05) is 35.9 Å². The van der Waals surface area contributed by atoms with Crippen molar-refractivity contribution in [3.05, 3.63) is 35.5 Å². The summed E-state index contributed by atoms with van der Waals surface area (Å²) in [4.78, 5) is 6.75. The molecule has 0 aliphatic carbocycles. The third-order valence-electron chi connectivity index (χ3n) is 3.97. The average Bonchev–Trinajstić information content (AvgIpc) is 2.72. The van der Waals surface area contributed by atoms with Gasteiger partial charge in [0.1, 0.15) is 0 Å². The molecule has 3 nitrogen and oxygen atoms in total. The van der Waals surface area contributed by atoms with Gasteiger partial charge in [-0.15, -0.1) is 0 Å². The van der Waals surface area contributed by atoms with Crippen LogP contribution in [0.15, 0.2) is 30.5 Å². The SMILES string of the molecule is CC1CC(Nc2ccc(Cl)c3ncccc23)CN1C. The van der Waals surface area contributed by atoms with Gasteiger partial charge in [-0.2, -0.15) is 0 Å². The molecule has 19 heavy (non-hydrogen) atoms. The number of likely N-dealkylation sites (tertiary alicyclic amines) is 1. The summed E-state index contributed by atoms with van der Waals surface area (Å²) in [5.74, 6) is 0. The van der Waals surface area contributed by atoms with Crippen molar-refractivity contribution in [1.29, 1.82) is 0 Å². The number of pyridine rings is 1. The van der Waals surface area contributed by atoms with Crippen LogP contribution in [-0.4, -0.2) is 35.6 Å². The predicted molar refractivity (Wildman–Crippen MR) is 80.9 cm³/mol. The Morgan fingerprint density at radius 1 is 1.37 bits per heavy atom. The lowest BCUT2D eigenvalue weighted by molar-refractivity contribution is 0.330. The number of nitrogens with zero attached hydrogens (tertiary/aromatic N) is 2. The second kappa shape index (κ2) is 4.99. The Hall–Kier alpha value is -1.32. The zero-order chi connectivity index (χ0) is 13.4. The van der Waals surface area contributed by atoms with Gasteiger partial charge >= 0.3 is 0 Å². The molecule has 2 aromatic rings. The second-order valence-corrected chi connectivity index (χ2v) is 5.77. The third-order valence-corrected chi connectivity index (χ3v) is 4.27. The smallest absolute Gasteiger partial charge is 0.0908 e. The first kappa shape index (κ1) is 12.7. The minimum Gasteiger partial charge on any atom is -0.380 e. The summed E-state index contributed by atoms with van der Waals surface area (Å²) in [7, 11) is 2.17. The molecule has 1 aliphatic rings. The number of fused-ring (bicyclic) bond motifs is 1. The van der Waals surface area contributed by atoms with Gasteiger partial charge in [-0.1, -0.05) is 11.6 Å². The largest absolute Gasteiger partial charge is 0.380 e. The van der Waals surface area contributed by atoms with Crippen LogP contribution in [0.1, 0.15) is 13.3 Å². The van der Waals surface area contributed by atoms with Gasteiger partial charge in [0.25, 0.3) is 0 Å². The van der Waals surface area contributed by atoms with E-state index in [2.05, 4.69) is 41.3 Å². The maximum atomic E-state index is 6.19. The van der Waals surface area contributed by atoms with Crippen molar-refractivity contribution in [2.24, 2.45) is 0 Å². The van der Waals surface area contributed by atoms with Crippen molar-refractivity contribution in [2.45, 2.75) is 25.4 Å². The standard InChI is InChI=1S/C15H18ClN3/c1-10-8-11(9-19(10)2)18-14-6-5-13(16)15-12(14)4-3-7-17-15/h3-7,10-11,18H,8-9H2,1-2H3. The van der Waals surface area contributed by atoms with E-state index in [1.165, 1.54) is 6.42 Å². The lowest BCUT2D eigenvalue weighted by atomic mass is 10.1. The zero-order valence-corrected chi connectivity index (χ0v) is 12.0. The van der Waals surface area contributed by atoms with Gasteiger partial charge in [-0.3, -0.25) is 4.98 Å². The number of nitrogens with one attached hydrogen (secondary N) is 1. The summed E-state index contributed by atoms with van der Waals surface area (Å²) < 4.78 is 0. The molecule has 2 atom stereocenters. The first-order valence-electron chi connectivity index (χ1n) is 6.65. The summed E-state index contributed by atoms with van der Waals surface area (Å²) in [6.07, 6.45) is 2.95. The highest BCUT2D eigenvalue weighted by Gasteiger charge is 2.26. The maximum absolute atomic E-state index is 6.19. The summed E-state index contributed by atoms with van der Waals surface area (Å²) in [5, 5.41) is 5.43. The highest BCUT2D eigenvalue weighted by atomic mass is 35.5. The van der Waals surface area contributed by atoms with Crippen LogP contribution < -0.4 is 5.32 Å². The third kappa shape index (κ3) is 2.40. The van der Waals surface area contributed by atoms with E-state index in [1.807, 2.05) is 12.1 Å². The van der Waals surface area contributed by atoms with E-state index in [9.17, 15) is 0 Å². The highest BCUT2D eigenvalue weighted by Crippen LogP contribution is 2.29. The zero-order valence-electron chi connectivity index (χ0n) is 11.2. The summed E-state index contributed by atoms with van der Waals surface area (Å²) in [6, 6.07) is 9.11. The van der Waals surface area contributed by atoms with Crippen molar-refractivity contribution in [3.8, 4) is 0 Å². The Bertz CT molecular complexity index is 589. The minimum absolute atomic E-state index is 0.490. The van der Waals surface area contributed by atoms with E-state index >= 15 is 0 Å². The molecule has 1 aliphatic heterocycles.